The van der Waals surface area contributed by atoms with Gasteiger partial charge < -0.3 is 19.5 Å². The lowest BCUT2D eigenvalue weighted by molar-refractivity contribution is -0.147. The molecule has 1 heterocycles. The van der Waals surface area contributed by atoms with Crippen LogP contribution in [0.15, 0.2) is 66.0 Å². The molecule has 178 valence electrons. The number of allylic oxidation sites excluding steroid dienone is 2. The maximum atomic E-state index is 13.7. The van der Waals surface area contributed by atoms with Crippen LogP contribution in [0.4, 0.5) is 0 Å². The van der Waals surface area contributed by atoms with Crippen molar-refractivity contribution in [2.45, 2.75) is 31.6 Å². The average Bonchev–Trinajstić information content (AvgIpc) is 2.82. The topological polar surface area (TPSA) is 73.9 Å². The Morgan fingerprint density at radius 2 is 1.85 bits per heavy atom. The Balaban J connectivity index is 1.85. The largest absolute Gasteiger partial charge is 0.493 e. The van der Waals surface area contributed by atoms with Crippen molar-refractivity contribution in [3.63, 3.8) is 0 Å². The van der Waals surface area contributed by atoms with Crippen LogP contribution in [0.5, 0.6) is 11.5 Å². The number of ketones is 1. The van der Waals surface area contributed by atoms with E-state index in [1.165, 1.54) is 0 Å². The molecule has 6 nitrogen and oxygen atoms in total. The van der Waals surface area contributed by atoms with E-state index in [0.29, 0.717) is 46.2 Å². The van der Waals surface area contributed by atoms with Crippen molar-refractivity contribution in [2.75, 3.05) is 20.8 Å². The number of methoxy groups -OCH3 is 2. The Bertz CT molecular complexity index is 1150. The zero-order chi connectivity index (χ0) is 24.4. The first kappa shape index (κ1) is 23.9. The third-order valence-electron chi connectivity index (χ3n) is 6.49. The minimum Gasteiger partial charge on any atom is -0.493 e. The molecule has 2 aliphatic rings. The second kappa shape index (κ2) is 9.94. The van der Waals surface area contributed by atoms with E-state index in [0.717, 1.165) is 11.3 Å². The highest BCUT2D eigenvalue weighted by Gasteiger charge is 2.46. The molecule has 1 aliphatic heterocycles. The summed E-state index contributed by atoms with van der Waals surface area (Å²) in [5.41, 5.74) is 3.57. The van der Waals surface area contributed by atoms with E-state index in [2.05, 4.69) is 11.9 Å². The second-order valence-electron chi connectivity index (χ2n) is 8.41. The maximum Gasteiger partial charge on any atom is 0.315 e. The Morgan fingerprint density at radius 3 is 2.50 bits per heavy atom. The van der Waals surface area contributed by atoms with Crippen LogP contribution in [0, 0.1) is 5.92 Å². The van der Waals surface area contributed by atoms with Gasteiger partial charge in [0.15, 0.2) is 17.3 Å². The monoisotopic (exact) mass is 481 g/mol. The number of nitrogens with one attached hydrogen (secondary N) is 1. The molecule has 2 aromatic rings. The quantitative estimate of drug-likeness (QED) is 0.576. The van der Waals surface area contributed by atoms with Gasteiger partial charge in [0.25, 0.3) is 0 Å². The van der Waals surface area contributed by atoms with Crippen LogP contribution in [0.25, 0.3) is 0 Å². The first-order chi connectivity index (χ1) is 16.4. The zero-order valence-corrected chi connectivity index (χ0v) is 20.3. The molecule has 1 aliphatic carbocycles. The number of benzene rings is 2. The van der Waals surface area contributed by atoms with Crippen LogP contribution >= 0.6 is 11.6 Å². The number of Topliss-reactive ketones (excluding diaryl/α,β-unsaturated/α-hetero) is 1. The molecule has 3 atom stereocenters. The van der Waals surface area contributed by atoms with Crippen LogP contribution < -0.4 is 14.8 Å². The molecule has 34 heavy (non-hydrogen) atoms. The van der Waals surface area contributed by atoms with Crippen LogP contribution in [0.1, 0.15) is 42.7 Å². The fourth-order valence-electron chi connectivity index (χ4n) is 5.02. The third kappa shape index (κ3) is 4.30. The van der Waals surface area contributed by atoms with Gasteiger partial charge in [-0.3, -0.25) is 9.59 Å². The summed E-state index contributed by atoms with van der Waals surface area (Å²) >= 11 is 6.05. The molecule has 0 bridgehead atoms. The number of carbonyl (C=O) groups excluding carboxylic acids is 2. The van der Waals surface area contributed by atoms with Crippen molar-refractivity contribution in [3.8, 4) is 11.5 Å². The van der Waals surface area contributed by atoms with Crippen molar-refractivity contribution in [1.82, 2.24) is 5.32 Å². The van der Waals surface area contributed by atoms with Crippen molar-refractivity contribution < 1.29 is 23.8 Å². The van der Waals surface area contributed by atoms with Gasteiger partial charge in [-0.05, 0) is 43.0 Å². The fourth-order valence-corrected chi connectivity index (χ4v) is 5.15. The van der Waals surface area contributed by atoms with E-state index in [-0.39, 0.29) is 18.3 Å². The molecule has 0 aromatic heterocycles. The molecule has 3 unspecified atom stereocenters. The smallest absolute Gasteiger partial charge is 0.315 e. The van der Waals surface area contributed by atoms with Crippen LogP contribution in [-0.4, -0.2) is 32.6 Å². The zero-order valence-electron chi connectivity index (χ0n) is 19.5. The lowest BCUT2D eigenvalue weighted by atomic mass is 9.68. The molecular weight excluding hydrogens is 454 g/mol. The number of ether oxygens (including phenoxy) is 3. The van der Waals surface area contributed by atoms with E-state index in [1.54, 1.807) is 27.2 Å². The average molecular weight is 482 g/mol. The number of para-hydroxylation sites is 1. The van der Waals surface area contributed by atoms with Gasteiger partial charge in [0.05, 0.1) is 20.8 Å². The SMILES string of the molecule is C=C1NC2=C(C(=O)CC(c3ccc(Cl)cc3)C2)C(c2cccc(OC)c2OC)C1C(=O)OCC. The highest BCUT2D eigenvalue weighted by Crippen LogP contribution is 2.50. The Labute approximate surface area is 204 Å². The van der Waals surface area contributed by atoms with Gasteiger partial charge in [-0.25, -0.2) is 0 Å². The summed E-state index contributed by atoms with van der Waals surface area (Å²) in [5, 5.41) is 3.93. The van der Waals surface area contributed by atoms with Gasteiger partial charge in [0, 0.05) is 39.9 Å². The van der Waals surface area contributed by atoms with E-state index in [9.17, 15) is 9.59 Å². The first-order valence-electron chi connectivity index (χ1n) is 11.2. The van der Waals surface area contributed by atoms with Crippen molar-refractivity contribution in [3.05, 3.63) is 82.2 Å². The van der Waals surface area contributed by atoms with E-state index >= 15 is 0 Å². The van der Waals surface area contributed by atoms with Crippen LogP contribution in [0.2, 0.25) is 5.02 Å². The summed E-state index contributed by atoms with van der Waals surface area (Å²) in [5.74, 6) is -0.841. The van der Waals surface area contributed by atoms with Crippen LogP contribution in [-0.2, 0) is 14.3 Å². The normalized spacial score (nSPS) is 22.1. The standard InChI is InChI=1S/C27H28ClNO5/c1-5-34-27(31)23-15(2)29-20-13-17(16-9-11-18(28)12-10-16)14-21(30)25(20)24(23)19-7-6-8-22(32-3)26(19)33-4/h6-12,17,23-24,29H,2,5,13-14H2,1,3-4H3. The Hall–Kier alpha value is -3.25. The van der Waals surface area contributed by atoms with E-state index in [1.807, 2.05) is 36.4 Å². The van der Waals surface area contributed by atoms with Gasteiger partial charge >= 0.3 is 5.97 Å². The summed E-state index contributed by atoms with van der Waals surface area (Å²) < 4.78 is 16.6. The van der Waals surface area contributed by atoms with Crippen molar-refractivity contribution >= 4 is 23.4 Å². The van der Waals surface area contributed by atoms with Gasteiger partial charge in [-0.1, -0.05) is 42.4 Å². The Morgan fingerprint density at radius 1 is 1.12 bits per heavy atom. The molecule has 0 saturated carbocycles. The van der Waals surface area contributed by atoms with E-state index < -0.39 is 17.8 Å². The molecule has 4 rings (SSSR count). The van der Waals surface area contributed by atoms with Crippen molar-refractivity contribution in [1.29, 1.82) is 0 Å². The summed E-state index contributed by atoms with van der Waals surface area (Å²) in [6.45, 7) is 6.13. The lowest BCUT2D eigenvalue weighted by Crippen LogP contribution is -2.42. The number of rotatable bonds is 6. The van der Waals surface area contributed by atoms with Gasteiger partial charge in [0.2, 0.25) is 0 Å². The summed E-state index contributed by atoms with van der Waals surface area (Å²) in [6, 6.07) is 13.0. The molecule has 2 aromatic carbocycles. The minimum atomic E-state index is -0.782. The van der Waals surface area contributed by atoms with Crippen molar-refractivity contribution in [2.24, 2.45) is 5.92 Å². The number of esters is 1. The second-order valence-corrected chi connectivity index (χ2v) is 8.85. The van der Waals surface area contributed by atoms with E-state index in [4.69, 9.17) is 25.8 Å². The summed E-state index contributed by atoms with van der Waals surface area (Å²) in [4.78, 5) is 26.8. The predicted octanol–water partition coefficient (Wildman–Crippen LogP) is 5.14. The fraction of sp³-hybridized carbons (Fsp3) is 0.333. The number of halogens is 1. The summed E-state index contributed by atoms with van der Waals surface area (Å²) in [7, 11) is 3.10. The number of hydrogen-bond acceptors (Lipinski definition) is 6. The molecular formula is C27H28ClNO5. The summed E-state index contributed by atoms with van der Waals surface area (Å²) in [6.07, 6.45) is 0.938. The number of hydrogen-bond donors (Lipinski definition) is 1. The maximum absolute atomic E-state index is 13.7. The third-order valence-corrected chi connectivity index (χ3v) is 6.74. The molecule has 0 radical (unpaired) electrons. The molecule has 0 saturated heterocycles. The van der Waals surface area contributed by atoms with Gasteiger partial charge in [0.1, 0.15) is 5.92 Å². The first-order valence-corrected chi connectivity index (χ1v) is 11.6. The number of carbonyl (C=O) groups is 2. The predicted molar refractivity (Wildman–Crippen MR) is 130 cm³/mol. The highest BCUT2D eigenvalue weighted by atomic mass is 35.5. The van der Waals surface area contributed by atoms with Gasteiger partial charge in [-0.15, -0.1) is 0 Å². The molecule has 0 fully saturated rings. The van der Waals surface area contributed by atoms with Crippen LogP contribution in [0.3, 0.4) is 0 Å². The highest BCUT2D eigenvalue weighted by molar-refractivity contribution is 6.30. The molecule has 0 spiro atoms. The minimum absolute atomic E-state index is 0.00387. The lowest BCUT2D eigenvalue weighted by Gasteiger charge is -2.40. The molecule has 0 amide bonds. The van der Waals surface area contributed by atoms with Gasteiger partial charge in [-0.2, -0.15) is 0 Å². The Kier molecular flexibility index (Phi) is 6.98. The molecule has 7 heteroatoms. The molecule has 1 N–H and O–H groups in total.